The summed E-state index contributed by atoms with van der Waals surface area (Å²) in [5.41, 5.74) is 0. The standard InChI is InChI=1S/C15H27N3O2S/c1-5-18(6-2)14(19)10(4)7-9(3)13-12-11(8-21-13)16-15(20)17-12/h9-13H,5-8H2,1-4H3,(H2,16,17,20)/t9-,10?,11+,12+,13?/m1/s1. The number of rotatable bonds is 6. The number of nitrogens with zero attached hydrogens (tertiary/aromatic N) is 1. The molecule has 6 heteroatoms. The normalized spacial score (nSPS) is 30.3. The number of amides is 3. The van der Waals surface area contributed by atoms with Gasteiger partial charge in [-0.05, 0) is 26.2 Å². The van der Waals surface area contributed by atoms with Gasteiger partial charge in [-0.3, -0.25) is 4.79 Å². The van der Waals surface area contributed by atoms with Gasteiger partial charge < -0.3 is 15.5 Å². The van der Waals surface area contributed by atoms with Crippen molar-refractivity contribution in [2.45, 2.75) is 51.4 Å². The largest absolute Gasteiger partial charge is 0.343 e. The van der Waals surface area contributed by atoms with Gasteiger partial charge in [0.25, 0.3) is 0 Å². The minimum Gasteiger partial charge on any atom is -0.343 e. The maximum Gasteiger partial charge on any atom is 0.315 e. The van der Waals surface area contributed by atoms with E-state index in [2.05, 4.69) is 17.6 Å². The number of hydrogen-bond donors (Lipinski definition) is 2. The summed E-state index contributed by atoms with van der Waals surface area (Å²) in [5.74, 6) is 1.68. The lowest BCUT2D eigenvalue weighted by Crippen LogP contribution is -2.41. The predicted molar refractivity (Wildman–Crippen MR) is 86.4 cm³/mol. The van der Waals surface area contributed by atoms with Crippen molar-refractivity contribution < 1.29 is 9.59 Å². The third kappa shape index (κ3) is 3.47. The fourth-order valence-corrected chi connectivity index (χ4v) is 5.11. The second kappa shape index (κ2) is 6.90. The molecule has 120 valence electrons. The molecule has 2 rings (SSSR count). The fourth-order valence-electron chi connectivity index (χ4n) is 3.48. The average molecular weight is 313 g/mol. The summed E-state index contributed by atoms with van der Waals surface area (Å²) < 4.78 is 0. The van der Waals surface area contributed by atoms with E-state index in [0.29, 0.717) is 11.2 Å². The predicted octanol–water partition coefficient (Wildman–Crippen LogP) is 1.68. The van der Waals surface area contributed by atoms with E-state index in [1.807, 2.05) is 37.4 Å². The molecule has 21 heavy (non-hydrogen) atoms. The molecule has 5 atom stereocenters. The summed E-state index contributed by atoms with van der Waals surface area (Å²) in [6, 6.07) is 0.423. The lowest BCUT2D eigenvalue weighted by Gasteiger charge is -2.28. The first-order valence-electron chi connectivity index (χ1n) is 7.95. The molecule has 0 bridgehead atoms. The summed E-state index contributed by atoms with van der Waals surface area (Å²) in [5, 5.41) is 6.40. The molecule has 0 aliphatic carbocycles. The highest BCUT2D eigenvalue weighted by Crippen LogP contribution is 2.37. The Balaban J connectivity index is 1.90. The molecule has 2 aliphatic heterocycles. The summed E-state index contributed by atoms with van der Waals surface area (Å²) >= 11 is 1.92. The molecule has 2 unspecified atom stereocenters. The van der Waals surface area contributed by atoms with Crippen LogP contribution in [0.2, 0.25) is 0 Å². The van der Waals surface area contributed by atoms with Crippen molar-refractivity contribution in [2.75, 3.05) is 18.8 Å². The first kappa shape index (κ1) is 16.5. The van der Waals surface area contributed by atoms with Crippen LogP contribution in [-0.4, -0.2) is 53.0 Å². The first-order valence-corrected chi connectivity index (χ1v) is 9.00. The zero-order chi connectivity index (χ0) is 15.6. The van der Waals surface area contributed by atoms with E-state index < -0.39 is 0 Å². The van der Waals surface area contributed by atoms with Crippen LogP contribution in [0.25, 0.3) is 0 Å². The van der Waals surface area contributed by atoms with Crippen LogP contribution in [0, 0.1) is 11.8 Å². The van der Waals surface area contributed by atoms with Crippen molar-refractivity contribution >= 4 is 23.7 Å². The van der Waals surface area contributed by atoms with Crippen LogP contribution in [0.5, 0.6) is 0 Å². The maximum absolute atomic E-state index is 12.4. The fraction of sp³-hybridized carbons (Fsp3) is 0.867. The van der Waals surface area contributed by atoms with Crippen LogP contribution in [-0.2, 0) is 4.79 Å². The number of fused-ring (bicyclic) bond motifs is 1. The van der Waals surface area contributed by atoms with Crippen molar-refractivity contribution in [3.63, 3.8) is 0 Å². The second-order valence-corrected chi connectivity index (χ2v) is 7.38. The Hall–Kier alpha value is -0.910. The van der Waals surface area contributed by atoms with Gasteiger partial charge in [0.2, 0.25) is 5.91 Å². The number of nitrogens with one attached hydrogen (secondary N) is 2. The molecule has 0 aromatic rings. The van der Waals surface area contributed by atoms with Crippen molar-refractivity contribution in [2.24, 2.45) is 11.8 Å². The van der Waals surface area contributed by atoms with Gasteiger partial charge in [-0.15, -0.1) is 0 Å². The molecule has 2 aliphatic rings. The molecular formula is C15H27N3O2S. The summed E-state index contributed by atoms with van der Waals surface area (Å²) in [7, 11) is 0. The van der Waals surface area contributed by atoms with Gasteiger partial charge in [-0.2, -0.15) is 11.8 Å². The first-order chi connectivity index (χ1) is 9.97. The van der Waals surface area contributed by atoms with Crippen LogP contribution in [0.1, 0.15) is 34.1 Å². The minimum atomic E-state index is -0.0465. The van der Waals surface area contributed by atoms with Gasteiger partial charge in [-0.25, -0.2) is 4.79 Å². The van der Waals surface area contributed by atoms with Crippen LogP contribution >= 0.6 is 11.8 Å². The van der Waals surface area contributed by atoms with Gasteiger partial charge in [0, 0.05) is 30.0 Å². The lowest BCUT2D eigenvalue weighted by atomic mass is 9.89. The Morgan fingerprint density at radius 3 is 2.62 bits per heavy atom. The number of carbonyl (C=O) groups excluding carboxylic acids is 2. The maximum atomic E-state index is 12.4. The zero-order valence-electron chi connectivity index (χ0n) is 13.4. The van der Waals surface area contributed by atoms with E-state index in [1.165, 1.54) is 0 Å². The van der Waals surface area contributed by atoms with Crippen LogP contribution in [0.3, 0.4) is 0 Å². The Morgan fingerprint density at radius 2 is 2.00 bits per heavy atom. The molecule has 2 heterocycles. The van der Waals surface area contributed by atoms with Crippen molar-refractivity contribution in [1.82, 2.24) is 15.5 Å². The molecule has 5 nitrogen and oxygen atoms in total. The summed E-state index contributed by atoms with van der Waals surface area (Å²) in [4.78, 5) is 25.7. The van der Waals surface area contributed by atoms with E-state index in [9.17, 15) is 9.59 Å². The molecule has 0 aromatic carbocycles. The van der Waals surface area contributed by atoms with E-state index in [1.54, 1.807) is 0 Å². The molecular weight excluding hydrogens is 286 g/mol. The molecule has 0 spiro atoms. The summed E-state index contributed by atoms with van der Waals surface area (Å²) in [6.45, 7) is 9.83. The van der Waals surface area contributed by atoms with Gasteiger partial charge in [0.1, 0.15) is 0 Å². The molecule has 0 saturated carbocycles. The minimum absolute atomic E-state index is 0.0459. The second-order valence-electron chi connectivity index (χ2n) is 6.17. The smallest absolute Gasteiger partial charge is 0.315 e. The van der Waals surface area contributed by atoms with Gasteiger partial charge in [0.05, 0.1) is 12.1 Å². The van der Waals surface area contributed by atoms with Gasteiger partial charge in [-0.1, -0.05) is 13.8 Å². The number of thioether (sulfide) groups is 1. The zero-order valence-corrected chi connectivity index (χ0v) is 14.2. The number of urea groups is 1. The van der Waals surface area contributed by atoms with E-state index in [0.717, 1.165) is 25.3 Å². The van der Waals surface area contributed by atoms with E-state index >= 15 is 0 Å². The van der Waals surface area contributed by atoms with E-state index in [-0.39, 0.29) is 29.9 Å². The number of hydrogen-bond acceptors (Lipinski definition) is 3. The topological polar surface area (TPSA) is 61.4 Å². The van der Waals surface area contributed by atoms with Gasteiger partial charge in [0.15, 0.2) is 0 Å². The molecule has 0 aromatic heterocycles. The van der Waals surface area contributed by atoms with Crippen molar-refractivity contribution in [1.29, 1.82) is 0 Å². The SMILES string of the molecule is CCN(CC)C(=O)C(C)C[C@@H](C)C1SC[C@@H]2NC(=O)N[C@H]12. The molecule has 2 fully saturated rings. The quantitative estimate of drug-likeness (QED) is 0.734. The van der Waals surface area contributed by atoms with Crippen LogP contribution in [0.15, 0.2) is 0 Å². The Kier molecular flexibility index (Phi) is 5.41. The highest BCUT2D eigenvalue weighted by atomic mass is 32.2. The van der Waals surface area contributed by atoms with E-state index in [4.69, 9.17) is 0 Å². The van der Waals surface area contributed by atoms with Crippen molar-refractivity contribution in [3.05, 3.63) is 0 Å². The number of carbonyl (C=O) groups is 2. The monoisotopic (exact) mass is 313 g/mol. The molecule has 3 amide bonds. The summed E-state index contributed by atoms with van der Waals surface area (Å²) in [6.07, 6.45) is 0.881. The Labute approximate surface area is 131 Å². The third-order valence-electron chi connectivity index (χ3n) is 4.65. The highest BCUT2D eigenvalue weighted by molar-refractivity contribution is 8.00. The van der Waals surface area contributed by atoms with Crippen LogP contribution < -0.4 is 10.6 Å². The molecule has 0 radical (unpaired) electrons. The Bertz CT molecular complexity index is 400. The highest BCUT2D eigenvalue weighted by Gasteiger charge is 2.45. The molecule has 2 N–H and O–H groups in total. The van der Waals surface area contributed by atoms with Crippen molar-refractivity contribution in [3.8, 4) is 0 Å². The third-order valence-corrected chi connectivity index (χ3v) is 6.35. The van der Waals surface area contributed by atoms with Crippen LogP contribution in [0.4, 0.5) is 4.79 Å². The lowest BCUT2D eigenvalue weighted by molar-refractivity contribution is -0.135. The molecule has 2 saturated heterocycles. The average Bonchev–Trinajstić information content (AvgIpc) is 2.98. The van der Waals surface area contributed by atoms with Gasteiger partial charge >= 0.3 is 6.03 Å². The Morgan fingerprint density at radius 1 is 1.33 bits per heavy atom.